The van der Waals surface area contributed by atoms with Gasteiger partial charge in [-0.3, -0.25) is 14.5 Å². The van der Waals surface area contributed by atoms with Crippen LogP contribution in [0.4, 0.5) is 0 Å². The van der Waals surface area contributed by atoms with E-state index in [1.165, 1.54) is 12.0 Å². The van der Waals surface area contributed by atoms with E-state index < -0.39 is 17.8 Å². The number of methoxy groups -OCH3 is 3. The van der Waals surface area contributed by atoms with Crippen molar-refractivity contribution in [3.05, 3.63) is 70.6 Å². The van der Waals surface area contributed by atoms with Crippen molar-refractivity contribution in [1.29, 1.82) is 0 Å². The summed E-state index contributed by atoms with van der Waals surface area (Å²) in [6, 6.07) is 14.0. The fourth-order valence-corrected chi connectivity index (χ4v) is 3.93. The molecule has 3 rings (SSSR count). The van der Waals surface area contributed by atoms with Gasteiger partial charge in [0.2, 0.25) is 0 Å². The number of amides is 2. The van der Waals surface area contributed by atoms with Crippen molar-refractivity contribution in [2.45, 2.75) is 6.42 Å². The number of ether oxygens (including phenoxy) is 3. The van der Waals surface area contributed by atoms with Crippen molar-refractivity contribution in [1.82, 2.24) is 4.90 Å². The molecule has 0 radical (unpaired) electrons. The molecule has 2 aromatic carbocycles. The van der Waals surface area contributed by atoms with E-state index in [-0.39, 0.29) is 16.6 Å². The van der Waals surface area contributed by atoms with Crippen LogP contribution in [0.5, 0.6) is 11.5 Å². The number of esters is 1. The van der Waals surface area contributed by atoms with Gasteiger partial charge in [0.05, 0.1) is 26.2 Å². The maximum Gasteiger partial charge on any atom is 0.331 e. The third-order valence-corrected chi connectivity index (χ3v) is 5.63. The lowest BCUT2D eigenvalue weighted by Crippen LogP contribution is -2.32. The van der Waals surface area contributed by atoms with Gasteiger partial charge in [-0.05, 0) is 48.0 Å². The molecule has 32 heavy (non-hydrogen) atoms. The summed E-state index contributed by atoms with van der Waals surface area (Å²) >= 11 is 0.964. The Hall–Kier alpha value is -3.59. The third kappa shape index (κ3) is 5.36. The van der Waals surface area contributed by atoms with E-state index in [9.17, 15) is 14.4 Å². The Labute approximate surface area is 189 Å². The molecule has 0 spiro atoms. The molecule has 1 fully saturated rings. The Bertz CT molecular complexity index is 1080. The smallest absolute Gasteiger partial charge is 0.331 e. The number of hydrogen-bond donors (Lipinski definition) is 0. The summed E-state index contributed by atoms with van der Waals surface area (Å²) in [6.45, 7) is 0.251. The fraction of sp³-hybridized carbons (Fsp3) is 0.217. The van der Waals surface area contributed by atoms with E-state index in [2.05, 4.69) is 9.73 Å². The summed E-state index contributed by atoms with van der Waals surface area (Å²) in [6.07, 6.45) is 1.57. The van der Waals surface area contributed by atoms with Crippen molar-refractivity contribution in [3.63, 3.8) is 0 Å². The van der Waals surface area contributed by atoms with Crippen LogP contribution in [-0.4, -0.2) is 55.7 Å². The second-order valence-electron chi connectivity index (χ2n) is 6.60. The molecule has 166 valence electrons. The average Bonchev–Trinajstić information content (AvgIpc) is 3.11. The lowest BCUT2D eigenvalue weighted by Gasteiger charge is -2.16. The van der Waals surface area contributed by atoms with Crippen molar-refractivity contribution < 1.29 is 28.6 Å². The minimum Gasteiger partial charge on any atom is -0.493 e. The number of amidine groups is 1. The lowest BCUT2D eigenvalue weighted by molar-refractivity contribution is -0.135. The number of nitrogens with zero attached hydrogens (tertiary/aromatic N) is 2. The zero-order valence-electron chi connectivity index (χ0n) is 17.9. The van der Waals surface area contributed by atoms with Gasteiger partial charge >= 0.3 is 5.97 Å². The topological polar surface area (TPSA) is 94.5 Å². The summed E-state index contributed by atoms with van der Waals surface area (Å²) in [7, 11) is 4.33. The number of carbonyl (C=O) groups excluding carboxylic acids is 3. The molecule has 1 aliphatic heterocycles. The molecule has 2 amide bonds. The van der Waals surface area contributed by atoms with Gasteiger partial charge in [0, 0.05) is 18.2 Å². The number of carbonyl (C=O) groups is 3. The summed E-state index contributed by atoms with van der Waals surface area (Å²) in [5.74, 6) is -0.372. The first-order valence-corrected chi connectivity index (χ1v) is 10.5. The molecular weight excluding hydrogens is 432 g/mol. The van der Waals surface area contributed by atoms with Crippen molar-refractivity contribution in [2.75, 3.05) is 27.9 Å². The van der Waals surface area contributed by atoms with E-state index in [1.807, 2.05) is 12.1 Å². The van der Waals surface area contributed by atoms with Crippen molar-refractivity contribution in [3.8, 4) is 11.5 Å². The summed E-state index contributed by atoms with van der Waals surface area (Å²) in [5.41, 5.74) is 1.30. The number of aliphatic imine (C=N–C) groups is 1. The standard InChI is InChI=1S/C23H22N2O6S/c1-29-17-10-9-15(13-18(17)30-2)11-12-25-22(28)19(14-20(26)31-3)32-23(25)24-21(27)16-7-5-4-6-8-16/h4-10,13-14H,11-12H2,1-3H3/b19-14-,24-23?. The molecule has 1 saturated heterocycles. The van der Waals surface area contributed by atoms with Gasteiger partial charge in [0.1, 0.15) is 0 Å². The van der Waals surface area contributed by atoms with Crippen LogP contribution >= 0.6 is 11.8 Å². The Morgan fingerprint density at radius 3 is 2.41 bits per heavy atom. The molecule has 0 atom stereocenters. The Morgan fingerprint density at radius 1 is 1.03 bits per heavy atom. The summed E-state index contributed by atoms with van der Waals surface area (Å²) in [5, 5.41) is 0.208. The monoisotopic (exact) mass is 454 g/mol. The van der Waals surface area contributed by atoms with Crippen molar-refractivity contribution in [2.24, 2.45) is 4.99 Å². The maximum absolute atomic E-state index is 12.9. The van der Waals surface area contributed by atoms with Crippen LogP contribution in [0.15, 0.2) is 64.5 Å². The summed E-state index contributed by atoms with van der Waals surface area (Å²) < 4.78 is 15.2. The van der Waals surface area contributed by atoms with Crippen LogP contribution < -0.4 is 9.47 Å². The lowest BCUT2D eigenvalue weighted by atomic mass is 10.1. The van der Waals surface area contributed by atoms with Crippen molar-refractivity contribution >= 4 is 34.7 Å². The fourth-order valence-electron chi connectivity index (χ4n) is 2.96. The van der Waals surface area contributed by atoms with Gasteiger partial charge in [-0.1, -0.05) is 24.3 Å². The zero-order valence-corrected chi connectivity index (χ0v) is 18.7. The molecular formula is C23H22N2O6S. The van der Waals surface area contributed by atoms with Gasteiger partial charge in [-0.2, -0.15) is 4.99 Å². The summed E-state index contributed by atoms with van der Waals surface area (Å²) in [4.78, 5) is 42.8. The Morgan fingerprint density at radius 2 is 1.75 bits per heavy atom. The van der Waals surface area contributed by atoms with Gasteiger partial charge in [0.15, 0.2) is 16.7 Å². The minimum atomic E-state index is -0.656. The van der Waals surface area contributed by atoms with E-state index >= 15 is 0 Å². The highest BCUT2D eigenvalue weighted by atomic mass is 32.2. The van der Waals surface area contributed by atoms with Crippen LogP contribution in [0.2, 0.25) is 0 Å². The minimum absolute atomic E-state index is 0.142. The first-order chi connectivity index (χ1) is 15.5. The normalized spacial score (nSPS) is 15.8. The first kappa shape index (κ1) is 23.1. The highest BCUT2D eigenvalue weighted by Gasteiger charge is 2.34. The molecule has 2 aromatic rings. The molecule has 0 unspecified atom stereocenters. The van der Waals surface area contributed by atoms with Crippen LogP contribution in [-0.2, 0) is 20.7 Å². The molecule has 0 bridgehead atoms. The van der Waals surface area contributed by atoms with Crippen LogP contribution in [0.25, 0.3) is 0 Å². The zero-order chi connectivity index (χ0) is 23.1. The molecule has 1 heterocycles. The number of hydrogen-bond acceptors (Lipinski definition) is 7. The van der Waals surface area contributed by atoms with E-state index in [0.717, 1.165) is 23.4 Å². The van der Waals surface area contributed by atoms with Gasteiger partial charge in [-0.25, -0.2) is 4.79 Å². The quantitative estimate of drug-likeness (QED) is 0.469. The Balaban J connectivity index is 1.86. The predicted octanol–water partition coefficient (Wildman–Crippen LogP) is 3.08. The molecule has 0 aliphatic carbocycles. The predicted molar refractivity (Wildman–Crippen MR) is 121 cm³/mol. The first-order valence-electron chi connectivity index (χ1n) is 9.65. The molecule has 0 saturated carbocycles. The van der Waals surface area contributed by atoms with Gasteiger partial charge in [-0.15, -0.1) is 0 Å². The number of rotatable bonds is 7. The second-order valence-corrected chi connectivity index (χ2v) is 7.60. The SMILES string of the molecule is COC(=O)/C=C1\SC(=NC(=O)c2ccccc2)N(CCc2ccc(OC)c(OC)c2)C1=O. The van der Waals surface area contributed by atoms with Gasteiger partial charge < -0.3 is 14.2 Å². The van der Waals surface area contributed by atoms with Crippen LogP contribution in [0.1, 0.15) is 15.9 Å². The van der Waals surface area contributed by atoms with E-state index in [4.69, 9.17) is 9.47 Å². The van der Waals surface area contributed by atoms with E-state index in [1.54, 1.807) is 50.6 Å². The average molecular weight is 455 g/mol. The molecule has 0 N–H and O–H groups in total. The molecule has 1 aliphatic rings. The number of thioether (sulfide) groups is 1. The molecule has 8 nitrogen and oxygen atoms in total. The second kappa shape index (κ2) is 10.6. The van der Waals surface area contributed by atoms with Gasteiger partial charge in [0.25, 0.3) is 11.8 Å². The van der Waals surface area contributed by atoms with Crippen LogP contribution in [0, 0.1) is 0 Å². The highest BCUT2D eigenvalue weighted by molar-refractivity contribution is 8.18. The van der Waals surface area contributed by atoms with Crippen LogP contribution in [0.3, 0.4) is 0 Å². The molecule has 0 aromatic heterocycles. The third-order valence-electron chi connectivity index (χ3n) is 4.63. The number of benzene rings is 2. The van der Waals surface area contributed by atoms with E-state index in [0.29, 0.717) is 23.5 Å². The maximum atomic E-state index is 12.9. The molecule has 9 heteroatoms. The highest BCUT2D eigenvalue weighted by Crippen LogP contribution is 2.32. The largest absolute Gasteiger partial charge is 0.493 e. The Kier molecular flexibility index (Phi) is 7.67.